The molecular formula is C26H28ClN3O4S3. The molecule has 0 saturated heterocycles. The van der Waals surface area contributed by atoms with Gasteiger partial charge in [-0.1, -0.05) is 24.4 Å². The SMILES string of the molecule is CCOC(=O)c1c(NC(=S)Nc2ccc(S(=O)(=O)Nc3ccc(Cl)cc3)cc2)sc2c1CCCCCC2. The molecule has 196 valence electrons. The minimum atomic E-state index is -3.77. The number of hydrogen-bond donors (Lipinski definition) is 3. The number of nitrogens with one attached hydrogen (secondary N) is 3. The molecule has 0 amide bonds. The fourth-order valence-electron chi connectivity index (χ4n) is 4.14. The molecule has 1 heterocycles. The lowest BCUT2D eigenvalue weighted by molar-refractivity contribution is 0.0526. The van der Waals surface area contributed by atoms with Gasteiger partial charge in [0, 0.05) is 21.3 Å². The van der Waals surface area contributed by atoms with Crippen molar-refractivity contribution in [3.8, 4) is 0 Å². The number of thiocarbonyl (C=S) groups is 1. The zero-order valence-corrected chi connectivity index (χ0v) is 23.5. The summed E-state index contributed by atoms with van der Waals surface area (Å²) in [4.78, 5) is 14.1. The molecule has 4 rings (SSSR count). The Morgan fingerprint density at radius 2 is 1.62 bits per heavy atom. The van der Waals surface area contributed by atoms with Crippen molar-refractivity contribution in [1.29, 1.82) is 0 Å². The second kappa shape index (κ2) is 12.3. The number of benzene rings is 2. The summed E-state index contributed by atoms with van der Waals surface area (Å²) in [6, 6.07) is 12.7. The van der Waals surface area contributed by atoms with E-state index in [0.29, 0.717) is 38.7 Å². The van der Waals surface area contributed by atoms with Gasteiger partial charge in [0.1, 0.15) is 5.00 Å². The molecule has 1 aromatic heterocycles. The van der Waals surface area contributed by atoms with Crippen LogP contribution in [0.4, 0.5) is 16.4 Å². The van der Waals surface area contributed by atoms with E-state index >= 15 is 0 Å². The Labute approximate surface area is 231 Å². The van der Waals surface area contributed by atoms with Gasteiger partial charge in [-0.25, -0.2) is 13.2 Å². The highest BCUT2D eigenvalue weighted by molar-refractivity contribution is 7.92. The van der Waals surface area contributed by atoms with Crippen molar-refractivity contribution in [3.63, 3.8) is 0 Å². The Kier molecular flexibility index (Phi) is 9.07. The van der Waals surface area contributed by atoms with Crippen LogP contribution in [0.2, 0.25) is 5.02 Å². The monoisotopic (exact) mass is 577 g/mol. The number of thiophene rings is 1. The standard InChI is InChI=1S/C26H28ClN3O4S3/c1-2-34-25(31)23-21-7-5-3-4-6-8-22(21)36-24(23)29-26(35)28-18-13-15-20(16-14-18)37(32,33)30-19-11-9-17(27)10-12-19/h9-16,30H,2-8H2,1H3,(H2,28,29,35). The first-order valence-corrected chi connectivity index (χ1v) is 15.1. The zero-order valence-electron chi connectivity index (χ0n) is 20.3. The molecule has 0 saturated carbocycles. The molecule has 0 unspecified atom stereocenters. The lowest BCUT2D eigenvalue weighted by Gasteiger charge is -2.13. The van der Waals surface area contributed by atoms with Gasteiger partial charge in [0.25, 0.3) is 10.0 Å². The highest BCUT2D eigenvalue weighted by Crippen LogP contribution is 2.37. The molecule has 2 aromatic carbocycles. The lowest BCUT2D eigenvalue weighted by Crippen LogP contribution is -2.20. The summed E-state index contributed by atoms with van der Waals surface area (Å²) in [5.74, 6) is -0.339. The third kappa shape index (κ3) is 7.01. The second-order valence-electron chi connectivity index (χ2n) is 8.56. The summed E-state index contributed by atoms with van der Waals surface area (Å²) in [6.45, 7) is 2.09. The minimum Gasteiger partial charge on any atom is -0.462 e. The van der Waals surface area contributed by atoms with Crippen LogP contribution >= 0.6 is 35.2 Å². The van der Waals surface area contributed by atoms with E-state index in [0.717, 1.165) is 37.7 Å². The van der Waals surface area contributed by atoms with Crippen LogP contribution in [0.5, 0.6) is 0 Å². The number of hydrogen-bond acceptors (Lipinski definition) is 6. The number of fused-ring (bicyclic) bond motifs is 1. The molecule has 11 heteroatoms. The van der Waals surface area contributed by atoms with Gasteiger partial charge in [-0.05, 0) is 98.9 Å². The summed E-state index contributed by atoms with van der Waals surface area (Å²) in [6.07, 6.45) is 6.27. The van der Waals surface area contributed by atoms with Crippen molar-refractivity contribution in [2.75, 3.05) is 22.0 Å². The van der Waals surface area contributed by atoms with Gasteiger partial charge in [0.05, 0.1) is 17.1 Å². The molecule has 37 heavy (non-hydrogen) atoms. The van der Waals surface area contributed by atoms with E-state index in [1.165, 1.54) is 23.4 Å². The van der Waals surface area contributed by atoms with Crippen LogP contribution in [-0.4, -0.2) is 26.1 Å². The number of anilines is 3. The van der Waals surface area contributed by atoms with Crippen LogP contribution in [0.3, 0.4) is 0 Å². The number of sulfonamides is 1. The van der Waals surface area contributed by atoms with Crippen LogP contribution in [0.1, 0.15) is 53.4 Å². The van der Waals surface area contributed by atoms with E-state index in [1.54, 1.807) is 54.7 Å². The smallest absolute Gasteiger partial charge is 0.341 e. The third-order valence-electron chi connectivity index (χ3n) is 5.90. The van der Waals surface area contributed by atoms with Crippen molar-refractivity contribution in [3.05, 3.63) is 69.6 Å². The lowest BCUT2D eigenvalue weighted by atomic mass is 9.96. The number of rotatable bonds is 7. The molecular weight excluding hydrogens is 550 g/mol. The molecule has 0 atom stereocenters. The minimum absolute atomic E-state index is 0.106. The topological polar surface area (TPSA) is 96.5 Å². The highest BCUT2D eigenvalue weighted by atomic mass is 35.5. The molecule has 0 spiro atoms. The summed E-state index contributed by atoms with van der Waals surface area (Å²) in [7, 11) is -3.77. The quantitative estimate of drug-likeness (QED) is 0.209. The average molecular weight is 578 g/mol. The van der Waals surface area contributed by atoms with E-state index in [2.05, 4.69) is 15.4 Å². The van der Waals surface area contributed by atoms with Gasteiger partial charge in [0.15, 0.2) is 5.11 Å². The van der Waals surface area contributed by atoms with Crippen molar-refractivity contribution < 1.29 is 17.9 Å². The largest absolute Gasteiger partial charge is 0.462 e. The summed E-state index contributed by atoms with van der Waals surface area (Å²) >= 11 is 12.9. The summed E-state index contributed by atoms with van der Waals surface area (Å²) in [5.41, 5.74) is 2.66. The Morgan fingerprint density at radius 3 is 2.30 bits per heavy atom. The van der Waals surface area contributed by atoms with Gasteiger partial charge in [0.2, 0.25) is 0 Å². The summed E-state index contributed by atoms with van der Waals surface area (Å²) in [5, 5.41) is 7.74. The van der Waals surface area contributed by atoms with Gasteiger partial charge < -0.3 is 15.4 Å². The number of carbonyl (C=O) groups is 1. The van der Waals surface area contributed by atoms with Gasteiger partial charge >= 0.3 is 5.97 Å². The Bertz CT molecular complexity index is 1370. The van der Waals surface area contributed by atoms with E-state index in [-0.39, 0.29) is 10.9 Å². The van der Waals surface area contributed by atoms with Crippen LogP contribution in [-0.2, 0) is 27.6 Å². The predicted molar refractivity (Wildman–Crippen MR) is 155 cm³/mol. The molecule has 7 nitrogen and oxygen atoms in total. The fourth-order valence-corrected chi connectivity index (χ4v) is 6.89. The van der Waals surface area contributed by atoms with Gasteiger partial charge in [-0.2, -0.15) is 0 Å². The first kappa shape index (κ1) is 27.4. The van der Waals surface area contributed by atoms with Crippen molar-refractivity contribution in [2.24, 2.45) is 0 Å². The Hall–Kier alpha value is -2.66. The van der Waals surface area contributed by atoms with Crippen molar-refractivity contribution >= 4 is 72.6 Å². The Morgan fingerprint density at radius 1 is 0.973 bits per heavy atom. The molecule has 3 N–H and O–H groups in total. The maximum Gasteiger partial charge on any atom is 0.341 e. The number of carbonyl (C=O) groups excluding carboxylic acids is 1. The maximum absolute atomic E-state index is 12.8. The third-order valence-corrected chi connectivity index (χ3v) is 8.96. The average Bonchev–Trinajstić information content (AvgIpc) is 3.16. The predicted octanol–water partition coefficient (Wildman–Crippen LogP) is 6.85. The van der Waals surface area contributed by atoms with E-state index in [1.807, 2.05) is 0 Å². The van der Waals surface area contributed by atoms with Crippen LogP contribution in [0, 0.1) is 0 Å². The summed E-state index contributed by atoms with van der Waals surface area (Å²) < 4.78 is 33.3. The normalized spacial score (nSPS) is 13.6. The molecule has 0 fully saturated rings. The van der Waals surface area contributed by atoms with Gasteiger partial charge in [-0.3, -0.25) is 4.72 Å². The molecule has 0 aliphatic heterocycles. The Balaban J connectivity index is 1.47. The first-order valence-electron chi connectivity index (χ1n) is 12.0. The van der Waals surface area contributed by atoms with E-state index in [9.17, 15) is 13.2 Å². The molecule has 0 radical (unpaired) electrons. The van der Waals surface area contributed by atoms with Crippen LogP contribution in [0.25, 0.3) is 0 Å². The molecule has 1 aliphatic carbocycles. The van der Waals surface area contributed by atoms with E-state index in [4.69, 9.17) is 28.6 Å². The maximum atomic E-state index is 12.8. The number of esters is 1. The second-order valence-corrected chi connectivity index (χ2v) is 12.2. The molecule has 1 aliphatic rings. The van der Waals surface area contributed by atoms with Crippen LogP contribution in [0.15, 0.2) is 53.4 Å². The van der Waals surface area contributed by atoms with Crippen molar-refractivity contribution in [1.82, 2.24) is 0 Å². The van der Waals surface area contributed by atoms with Gasteiger partial charge in [-0.15, -0.1) is 11.3 Å². The first-order chi connectivity index (χ1) is 17.8. The van der Waals surface area contributed by atoms with E-state index < -0.39 is 10.0 Å². The van der Waals surface area contributed by atoms with Crippen molar-refractivity contribution in [2.45, 2.75) is 50.3 Å². The zero-order chi connectivity index (χ0) is 26.4. The number of ether oxygens (including phenoxy) is 1. The fraction of sp³-hybridized carbons (Fsp3) is 0.308. The number of halogens is 1. The number of aryl methyl sites for hydroxylation is 1. The highest BCUT2D eigenvalue weighted by Gasteiger charge is 2.26. The van der Waals surface area contributed by atoms with Crippen LogP contribution < -0.4 is 15.4 Å². The molecule has 0 bridgehead atoms. The molecule has 3 aromatic rings.